The molecular formula is C32H64O8. The number of carboxylic acid groups (broad SMARTS) is 4. The van der Waals surface area contributed by atoms with Gasteiger partial charge in [0.15, 0.2) is 0 Å². The minimum Gasteiger partial charge on any atom is -0.481 e. The lowest BCUT2D eigenvalue weighted by Gasteiger charge is -2.06. The highest BCUT2D eigenvalue weighted by Gasteiger charge is 2.14. The van der Waals surface area contributed by atoms with E-state index in [1.807, 2.05) is 20.8 Å². The van der Waals surface area contributed by atoms with Gasteiger partial charge in [-0.15, -0.1) is 0 Å². The molecule has 0 saturated carbocycles. The van der Waals surface area contributed by atoms with E-state index in [1.54, 1.807) is 0 Å². The van der Waals surface area contributed by atoms with Crippen LogP contribution in [0.3, 0.4) is 0 Å². The van der Waals surface area contributed by atoms with Crippen LogP contribution in [-0.2, 0) is 19.2 Å². The molecule has 0 heterocycles. The first-order valence-electron chi connectivity index (χ1n) is 15.8. The van der Waals surface area contributed by atoms with Crippen molar-refractivity contribution in [2.24, 2.45) is 17.8 Å². The Morgan fingerprint density at radius 2 is 0.700 bits per heavy atom. The number of hydrogen-bond donors (Lipinski definition) is 4. The molecule has 8 heteroatoms. The van der Waals surface area contributed by atoms with E-state index >= 15 is 0 Å². The Labute approximate surface area is 245 Å². The molecule has 0 saturated heterocycles. The highest BCUT2D eigenvalue weighted by Crippen LogP contribution is 2.13. The highest BCUT2D eigenvalue weighted by molar-refractivity contribution is 5.70. The van der Waals surface area contributed by atoms with Crippen molar-refractivity contribution < 1.29 is 39.6 Å². The van der Waals surface area contributed by atoms with Gasteiger partial charge >= 0.3 is 23.9 Å². The molecule has 0 amide bonds. The van der Waals surface area contributed by atoms with Gasteiger partial charge in [-0.1, -0.05) is 113 Å². The third-order valence-corrected chi connectivity index (χ3v) is 6.74. The lowest BCUT2D eigenvalue weighted by molar-refractivity contribution is -0.143. The maximum atomic E-state index is 10.4. The largest absolute Gasteiger partial charge is 0.481 e. The van der Waals surface area contributed by atoms with Crippen LogP contribution in [0.2, 0.25) is 0 Å². The van der Waals surface area contributed by atoms with Gasteiger partial charge in [-0.05, 0) is 44.9 Å². The minimum atomic E-state index is -0.670. The molecule has 0 aliphatic carbocycles. The van der Waals surface area contributed by atoms with E-state index in [0.717, 1.165) is 89.9 Å². The molecule has 0 bridgehead atoms. The van der Waals surface area contributed by atoms with Crippen LogP contribution in [0.4, 0.5) is 0 Å². The molecule has 0 aromatic heterocycles. The lowest BCUT2D eigenvalue weighted by Crippen LogP contribution is -2.11. The molecule has 0 aromatic carbocycles. The Morgan fingerprint density at radius 3 is 0.900 bits per heavy atom. The quantitative estimate of drug-likeness (QED) is 0.0987. The van der Waals surface area contributed by atoms with Gasteiger partial charge in [-0.25, -0.2) is 0 Å². The van der Waals surface area contributed by atoms with Crippen molar-refractivity contribution >= 4 is 23.9 Å². The standard InChI is InChI=1S/4C8H16O2/c3*1-3-5-6-7(4-2)8(9)10;1-2-3-4-5-6-7-8(9)10/h3*7H,3-6H2,1-2H3,(H,9,10);2-7H2,1H3,(H,9,10). The Bertz CT molecular complexity index is 530. The Kier molecular flexibility index (Phi) is 39.2. The predicted molar refractivity (Wildman–Crippen MR) is 164 cm³/mol. The van der Waals surface area contributed by atoms with Crippen molar-refractivity contribution in [3.05, 3.63) is 0 Å². The molecule has 8 nitrogen and oxygen atoms in total. The first-order valence-corrected chi connectivity index (χ1v) is 15.8. The van der Waals surface area contributed by atoms with Gasteiger partial charge in [0.05, 0.1) is 17.8 Å². The van der Waals surface area contributed by atoms with Gasteiger partial charge in [-0.3, -0.25) is 19.2 Å². The maximum Gasteiger partial charge on any atom is 0.306 e. The minimum absolute atomic E-state index is 0.111. The van der Waals surface area contributed by atoms with E-state index in [4.69, 9.17) is 20.4 Å². The zero-order valence-corrected chi connectivity index (χ0v) is 26.9. The van der Waals surface area contributed by atoms with Gasteiger partial charge in [0.25, 0.3) is 0 Å². The molecule has 3 unspecified atom stereocenters. The van der Waals surface area contributed by atoms with Gasteiger partial charge in [-0.2, -0.15) is 0 Å². The molecule has 0 aliphatic rings. The van der Waals surface area contributed by atoms with Crippen LogP contribution < -0.4 is 0 Å². The van der Waals surface area contributed by atoms with Gasteiger partial charge in [0.2, 0.25) is 0 Å². The van der Waals surface area contributed by atoms with Crippen molar-refractivity contribution in [3.63, 3.8) is 0 Å². The molecule has 3 atom stereocenters. The average molecular weight is 577 g/mol. The third-order valence-electron chi connectivity index (χ3n) is 6.74. The molecule has 0 aromatic rings. The van der Waals surface area contributed by atoms with Crippen LogP contribution in [0.25, 0.3) is 0 Å². The summed E-state index contributed by atoms with van der Waals surface area (Å²) in [6.07, 6.45) is 17.0. The molecule has 4 N–H and O–H groups in total. The Morgan fingerprint density at radius 1 is 0.425 bits per heavy atom. The maximum absolute atomic E-state index is 10.4. The van der Waals surface area contributed by atoms with Gasteiger partial charge in [0, 0.05) is 6.42 Å². The van der Waals surface area contributed by atoms with Crippen LogP contribution in [-0.4, -0.2) is 44.3 Å². The van der Waals surface area contributed by atoms with Crippen LogP contribution in [0.15, 0.2) is 0 Å². The molecule has 0 fully saturated rings. The van der Waals surface area contributed by atoms with Crippen LogP contribution in [0, 0.1) is 17.8 Å². The molecule has 240 valence electrons. The SMILES string of the molecule is CCCCC(CC)C(=O)O.CCCCC(CC)C(=O)O.CCCCC(CC)C(=O)O.CCCCCCCC(=O)O. The fourth-order valence-corrected chi connectivity index (χ4v) is 3.74. The van der Waals surface area contributed by atoms with E-state index in [0.29, 0.717) is 6.42 Å². The van der Waals surface area contributed by atoms with E-state index < -0.39 is 23.9 Å². The lowest BCUT2D eigenvalue weighted by atomic mass is 10.00. The Balaban J connectivity index is -0.000000216. The second-order valence-electron chi connectivity index (χ2n) is 10.3. The number of rotatable bonds is 21. The number of hydrogen-bond acceptors (Lipinski definition) is 4. The Hall–Kier alpha value is -2.12. The molecule has 0 aliphatic heterocycles. The second kappa shape index (κ2) is 34.9. The molecule has 0 radical (unpaired) electrons. The number of carbonyl (C=O) groups is 4. The number of aliphatic carboxylic acids is 4. The number of unbranched alkanes of at least 4 members (excludes halogenated alkanes) is 7. The monoisotopic (exact) mass is 576 g/mol. The van der Waals surface area contributed by atoms with E-state index in [1.165, 1.54) is 19.3 Å². The first kappa shape index (κ1) is 44.9. The second-order valence-corrected chi connectivity index (χ2v) is 10.3. The summed E-state index contributed by atoms with van der Waals surface area (Å²) in [6.45, 7) is 14.2. The smallest absolute Gasteiger partial charge is 0.306 e. The summed E-state index contributed by atoms with van der Waals surface area (Å²) in [7, 11) is 0. The van der Waals surface area contributed by atoms with E-state index in [2.05, 4.69) is 27.7 Å². The summed E-state index contributed by atoms with van der Waals surface area (Å²) in [5, 5.41) is 34.1. The summed E-state index contributed by atoms with van der Waals surface area (Å²) in [4.78, 5) is 41.3. The van der Waals surface area contributed by atoms with Gasteiger partial charge in [0.1, 0.15) is 0 Å². The average Bonchev–Trinajstić information content (AvgIpc) is 2.90. The number of carboxylic acids is 4. The molecule has 40 heavy (non-hydrogen) atoms. The summed E-state index contributed by atoms with van der Waals surface area (Å²) < 4.78 is 0. The zero-order valence-electron chi connectivity index (χ0n) is 26.9. The fourth-order valence-electron chi connectivity index (χ4n) is 3.74. The zero-order chi connectivity index (χ0) is 31.8. The normalized spacial score (nSPS) is 12.2. The highest BCUT2D eigenvalue weighted by atomic mass is 16.4. The summed E-state index contributed by atoms with van der Waals surface area (Å²) >= 11 is 0. The first-order chi connectivity index (χ1) is 18.9. The summed E-state index contributed by atoms with van der Waals surface area (Å²) in [5.74, 6) is -2.93. The molecule has 0 rings (SSSR count). The predicted octanol–water partition coefficient (Wildman–Crippen LogP) is 9.29. The third kappa shape index (κ3) is 35.9. The van der Waals surface area contributed by atoms with Gasteiger partial charge < -0.3 is 20.4 Å². The topological polar surface area (TPSA) is 149 Å². The fraction of sp³-hybridized carbons (Fsp3) is 0.875. The van der Waals surface area contributed by atoms with Crippen LogP contribution >= 0.6 is 0 Å². The summed E-state index contributed by atoms with van der Waals surface area (Å²) in [6, 6.07) is 0. The summed E-state index contributed by atoms with van der Waals surface area (Å²) in [5.41, 5.74) is 0. The molecular weight excluding hydrogens is 512 g/mol. The molecule has 0 spiro atoms. The van der Waals surface area contributed by atoms with Crippen molar-refractivity contribution in [1.29, 1.82) is 0 Å². The van der Waals surface area contributed by atoms with E-state index in [9.17, 15) is 19.2 Å². The van der Waals surface area contributed by atoms with Crippen molar-refractivity contribution in [2.75, 3.05) is 0 Å². The van der Waals surface area contributed by atoms with Crippen molar-refractivity contribution in [3.8, 4) is 0 Å². The van der Waals surface area contributed by atoms with Crippen LogP contribution in [0.1, 0.15) is 164 Å². The van der Waals surface area contributed by atoms with Crippen LogP contribution in [0.5, 0.6) is 0 Å². The van der Waals surface area contributed by atoms with Crippen molar-refractivity contribution in [1.82, 2.24) is 0 Å². The van der Waals surface area contributed by atoms with E-state index in [-0.39, 0.29) is 17.8 Å². The van der Waals surface area contributed by atoms with Crippen molar-refractivity contribution in [2.45, 2.75) is 164 Å².